The molecule has 7 nitrogen and oxygen atoms in total. The highest BCUT2D eigenvalue weighted by atomic mass is 16.6. The largest absolute Gasteiger partial charge is 0.487 e. The molecule has 1 rings (SSSR count). The lowest BCUT2D eigenvalue weighted by Gasteiger charge is -2.27. The predicted molar refractivity (Wildman–Crippen MR) is 78.8 cm³/mol. The number of hydrogen-bond donors (Lipinski definition) is 2. The molecule has 116 valence electrons. The number of nitrogens with one attached hydrogen (secondary N) is 1. The molecule has 1 aromatic carbocycles. The van der Waals surface area contributed by atoms with E-state index in [1.165, 1.54) is 6.07 Å². The van der Waals surface area contributed by atoms with Gasteiger partial charge in [-0.15, -0.1) is 0 Å². The Morgan fingerprint density at radius 1 is 1.48 bits per heavy atom. The Morgan fingerprint density at radius 2 is 2.14 bits per heavy atom. The lowest BCUT2D eigenvalue weighted by atomic mass is 9.97. The van der Waals surface area contributed by atoms with E-state index in [4.69, 9.17) is 9.84 Å². The molecule has 0 aromatic heterocycles. The number of anilines is 1. The highest BCUT2D eigenvalue weighted by Crippen LogP contribution is 2.36. The molecule has 7 heteroatoms. The van der Waals surface area contributed by atoms with Crippen molar-refractivity contribution in [2.75, 3.05) is 11.9 Å². The van der Waals surface area contributed by atoms with Crippen molar-refractivity contribution < 1.29 is 19.6 Å². The van der Waals surface area contributed by atoms with Gasteiger partial charge < -0.3 is 15.2 Å². The number of carboxylic acids is 1. The van der Waals surface area contributed by atoms with Crippen LogP contribution in [0.2, 0.25) is 0 Å². The Kier molecular flexibility index (Phi) is 5.52. The zero-order valence-corrected chi connectivity index (χ0v) is 12.4. The van der Waals surface area contributed by atoms with Crippen molar-refractivity contribution in [3.8, 4) is 5.75 Å². The Balaban J connectivity index is 3.04. The molecular formula is C14H20N2O5. The Hall–Kier alpha value is -2.31. The van der Waals surface area contributed by atoms with Crippen LogP contribution in [0.3, 0.4) is 0 Å². The minimum absolute atomic E-state index is 0.0149. The fourth-order valence-corrected chi connectivity index (χ4v) is 1.93. The number of carbonyl (C=O) groups is 1. The van der Waals surface area contributed by atoms with Crippen LogP contribution >= 0.6 is 0 Å². The van der Waals surface area contributed by atoms with Gasteiger partial charge in [0.1, 0.15) is 5.69 Å². The predicted octanol–water partition coefficient (Wildman–Crippen LogP) is 3.05. The summed E-state index contributed by atoms with van der Waals surface area (Å²) in [7, 11) is 0. The first-order valence-electron chi connectivity index (χ1n) is 6.67. The van der Waals surface area contributed by atoms with Crippen molar-refractivity contribution in [1.82, 2.24) is 0 Å². The Labute approximate surface area is 123 Å². The first kappa shape index (κ1) is 16.7. The van der Waals surface area contributed by atoms with Crippen LogP contribution in [0.15, 0.2) is 18.2 Å². The summed E-state index contributed by atoms with van der Waals surface area (Å²) in [5.41, 5.74) is -0.405. The highest BCUT2D eigenvalue weighted by Gasteiger charge is 2.26. The van der Waals surface area contributed by atoms with Crippen LogP contribution in [0.4, 0.5) is 11.4 Å². The van der Waals surface area contributed by atoms with Crippen LogP contribution in [-0.4, -0.2) is 28.1 Å². The van der Waals surface area contributed by atoms with Gasteiger partial charge in [-0.2, -0.15) is 0 Å². The van der Waals surface area contributed by atoms with Gasteiger partial charge in [-0.3, -0.25) is 14.9 Å². The van der Waals surface area contributed by atoms with Gasteiger partial charge >= 0.3 is 11.7 Å². The standard InChI is InChI=1S/C14H20N2O5/c1-4-21-11-7-5-6-10(13(11)16(19)20)15-14(2,3)9-8-12(17)18/h5-7,15H,4,8-9H2,1-3H3,(H,17,18). The normalized spacial score (nSPS) is 11.0. The zero-order chi connectivity index (χ0) is 16.0. The van der Waals surface area contributed by atoms with Crippen molar-refractivity contribution in [1.29, 1.82) is 0 Å². The molecule has 0 saturated carbocycles. The van der Waals surface area contributed by atoms with E-state index in [0.717, 1.165) is 0 Å². The van der Waals surface area contributed by atoms with Gasteiger partial charge in [-0.05, 0) is 39.3 Å². The molecule has 0 bridgehead atoms. The van der Waals surface area contributed by atoms with E-state index in [0.29, 0.717) is 18.7 Å². The van der Waals surface area contributed by atoms with Gasteiger partial charge in [-0.1, -0.05) is 6.07 Å². The van der Waals surface area contributed by atoms with Crippen LogP contribution < -0.4 is 10.1 Å². The van der Waals surface area contributed by atoms with E-state index in [9.17, 15) is 14.9 Å². The molecule has 21 heavy (non-hydrogen) atoms. The quantitative estimate of drug-likeness (QED) is 0.564. The molecular weight excluding hydrogens is 276 g/mol. The van der Waals surface area contributed by atoms with Crippen LogP contribution in [-0.2, 0) is 4.79 Å². The van der Waals surface area contributed by atoms with Crippen molar-refractivity contribution in [2.45, 2.75) is 39.2 Å². The van der Waals surface area contributed by atoms with Gasteiger partial charge in [0.05, 0.1) is 11.5 Å². The number of hydrogen-bond acceptors (Lipinski definition) is 5. The van der Waals surface area contributed by atoms with Gasteiger partial charge in [-0.25, -0.2) is 0 Å². The Bertz CT molecular complexity index is 528. The lowest BCUT2D eigenvalue weighted by Crippen LogP contribution is -2.31. The fourth-order valence-electron chi connectivity index (χ4n) is 1.93. The number of benzene rings is 1. The monoisotopic (exact) mass is 296 g/mol. The first-order chi connectivity index (χ1) is 9.76. The van der Waals surface area contributed by atoms with Crippen molar-refractivity contribution >= 4 is 17.3 Å². The minimum Gasteiger partial charge on any atom is -0.487 e. The average Bonchev–Trinajstić information content (AvgIpc) is 2.36. The molecule has 0 heterocycles. The summed E-state index contributed by atoms with van der Waals surface area (Å²) in [6, 6.07) is 4.79. The van der Waals surface area contributed by atoms with E-state index >= 15 is 0 Å². The van der Waals surface area contributed by atoms with Gasteiger partial charge in [0.2, 0.25) is 0 Å². The van der Waals surface area contributed by atoms with E-state index in [-0.39, 0.29) is 17.9 Å². The number of nitro groups is 1. The summed E-state index contributed by atoms with van der Waals surface area (Å²) >= 11 is 0. The number of nitrogens with zero attached hydrogens (tertiary/aromatic N) is 1. The topological polar surface area (TPSA) is 102 Å². The van der Waals surface area contributed by atoms with Gasteiger partial charge in [0.25, 0.3) is 0 Å². The van der Waals surface area contributed by atoms with E-state index in [1.807, 2.05) is 0 Å². The molecule has 0 radical (unpaired) electrons. The lowest BCUT2D eigenvalue weighted by molar-refractivity contribution is -0.385. The number of carboxylic acid groups (broad SMARTS) is 1. The summed E-state index contributed by atoms with van der Waals surface area (Å²) in [6.45, 7) is 5.67. The van der Waals surface area contributed by atoms with Gasteiger partial charge in [0.15, 0.2) is 5.75 Å². The van der Waals surface area contributed by atoms with E-state index in [2.05, 4.69) is 5.32 Å². The van der Waals surface area contributed by atoms with Crippen LogP contribution in [0.5, 0.6) is 5.75 Å². The summed E-state index contributed by atoms with van der Waals surface area (Å²) in [5.74, 6) is -0.705. The fraction of sp³-hybridized carbons (Fsp3) is 0.500. The van der Waals surface area contributed by atoms with Crippen LogP contribution in [0.1, 0.15) is 33.6 Å². The Morgan fingerprint density at radius 3 is 2.67 bits per heavy atom. The smallest absolute Gasteiger partial charge is 0.333 e. The summed E-state index contributed by atoms with van der Waals surface area (Å²) < 4.78 is 5.28. The number of aliphatic carboxylic acids is 1. The number of ether oxygens (including phenoxy) is 1. The number of para-hydroxylation sites is 1. The average molecular weight is 296 g/mol. The van der Waals surface area contributed by atoms with E-state index < -0.39 is 16.4 Å². The second-order valence-electron chi connectivity index (χ2n) is 5.25. The molecule has 1 aromatic rings. The number of rotatable bonds is 8. The maximum Gasteiger partial charge on any atom is 0.333 e. The first-order valence-corrected chi connectivity index (χ1v) is 6.67. The molecule has 0 aliphatic carbocycles. The number of nitro benzene ring substituents is 1. The highest BCUT2D eigenvalue weighted by molar-refractivity contribution is 5.70. The molecule has 0 amide bonds. The molecule has 0 fully saturated rings. The van der Waals surface area contributed by atoms with E-state index in [1.54, 1.807) is 32.9 Å². The van der Waals surface area contributed by atoms with Crippen molar-refractivity contribution in [3.63, 3.8) is 0 Å². The molecule has 0 aliphatic rings. The summed E-state index contributed by atoms with van der Waals surface area (Å²) in [4.78, 5) is 21.4. The zero-order valence-electron chi connectivity index (χ0n) is 12.4. The molecule has 0 aliphatic heterocycles. The molecule has 0 saturated heterocycles. The van der Waals surface area contributed by atoms with Crippen molar-refractivity contribution in [3.05, 3.63) is 28.3 Å². The second-order valence-corrected chi connectivity index (χ2v) is 5.25. The van der Waals surface area contributed by atoms with Crippen LogP contribution in [0.25, 0.3) is 0 Å². The molecule has 0 atom stereocenters. The molecule has 0 unspecified atom stereocenters. The SMILES string of the molecule is CCOc1cccc(NC(C)(C)CCC(=O)O)c1[N+](=O)[O-]. The maximum absolute atomic E-state index is 11.3. The maximum atomic E-state index is 11.3. The van der Waals surface area contributed by atoms with Crippen LogP contribution in [0, 0.1) is 10.1 Å². The third kappa shape index (κ3) is 4.94. The third-order valence-corrected chi connectivity index (χ3v) is 2.92. The summed E-state index contributed by atoms with van der Waals surface area (Å²) in [5, 5.41) is 23.0. The minimum atomic E-state index is -0.901. The molecule has 0 spiro atoms. The molecule has 2 N–H and O–H groups in total. The summed E-state index contributed by atoms with van der Waals surface area (Å²) in [6.07, 6.45) is 0.331. The third-order valence-electron chi connectivity index (χ3n) is 2.92. The van der Waals surface area contributed by atoms with Crippen molar-refractivity contribution in [2.24, 2.45) is 0 Å². The van der Waals surface area contributed by atoms with Gasteiger partial charge in [0, 0.05) is 12.0 Å². The second kappa shape index (κ2) is 6.92.